The molecule has 0 aromatic heterocycles. The molecule has 0 aliphatic heterocycles. The van der Waals surface area contributed by atoms with Gasteiger partial charge in [0.1, 0.15) is 0 Å². The van der Waals surface area contributed by atoms with E-state index >= 15 is 0 Å². The van der Waals surface area contributed by atoms with Gasteiger partial charge >= 0.3 is 5.97 Å². The van der Waals surface area contributed by atoms with E-state index in [-0.39, 0.29) is 5.97 Å². The number of hydrogen-bond donors (Lipinski definition) is 1. The molecule has 0 heterocycles. The zero-order chi connectivity index (χ0) is 8.69. The fourth-order valence-electron chi connectivity index (χ4n) is 0.573. The topological polar surface area (TPSA) is 52.3 Å². The van der Waals surface area contributed by atoms with Gasteiger partial charge in [0.25, 0.3) is 0 Å². The van der Waals surface area contributed by atoms with E-state index in [1.54, 1.807) is 0 Å². The molecule has 0 unspecified atom stereocenters. The summed E-state index contributed by atoms with van der Waals surface area (Å²) in [5.74, 6) is -0.322. The van der Waals surface area contributed by atoms with Crippen molar-refractivity contribution in [2.75, 3.05) is 13.2 Å². The van der Waals surface area contributed by atoms with E-state index in [1.165, 1.54) is 0 Å². The maximum atomic E-state index is 10.9. The smallest absolute Gasteiger partial charge is 0.333 e. The Morgan fingerprint density at radius 2 is 2.27 bits per heavy atom. The van der Waals surface area contributed by atoms with Gasteiger partial charge in [0, 0.05) is 5.57 Å². The first-order valence-corrected chi connectivity index (χ1v) is 3.77. The van der Waals surface area contributed by atoms with Crippen LogP contribution in [0.1, 0.15) is 19.8 Å². The Bertz CT molecular complexity index is 143. The van der Waals surface area contributed by atoms with Gasteiger partial charge in [0.05, 0.1) is 6.61 Å². The summed E-state index contributed by atoms with van der Waals surface area (Å²) < 4.78 is 4.81. The van der Waals surface area contributed by atoms with Crippen molar-refractivity contribution in [3.8, 4) is 0 Å². The van der Waals surface area contributed by atoms with Gasteiger partial charge in [-0.3, -0.25) is 0 Å². The van der Waals surface area contributed by atoms with E-state index in [0.717, 1.165) is 6.42 Å². The van der Waals surface area contributed by atoms with Crippen molar-refractivity contribution >= 4 is 5.97 Å². The second kappa shape index (κ2) is 5.92. The van der Waals surface area contributed by atoms with Crippen LogP contribution in [0.15, 0.2) is 12.2 Å². The lowest BCUT2D eigenvalue weighted by molar-refractivity contribution is -0.139. The van der Waals surface area contributed by atoms with E-state index in [4.69, 9.17) is 10.5 Å². The molecule has 0 fully saturated rings. The average molecular weight is 157 g/mol. The third-order valence-electron chi connectivity index (χ3n) is 1.17. The molecule has 0 saturated heterocycles. The van der Waals surface area contributed by atoms with Gasteiger partial charge in [-0.2, -0.15) is 0 Å². The summed E-state index contributed by atoms with van der Waals surface area (Å²) in [5.41, 5.74) is 5.69. The van der Waals surface area contributed by atoms with Crippen LogP contribution < -0.4 is 5.73 Å². The van der Waals surface area contributed by atoms with Crippen molar-refractivity contribution in [2.45, 2.75) is 19.8 Å². The molecule has 11 heavy (non-hydrogen) atoms. The highest BCUT2D eigenvalue weighted by atomic mass is 16.5. The predicted molar refractivity (Wildman–Crippen MR) is 44.1 cm³/mol. The van der Waals surface area contributed by atoms with Crippen molar-refractivity contribution in [3.05, 3.63) is 12.2 Å². The van der Waals surface area contributed by atoms with Crippen molar-refractivity contribution in [1.29, 1.82) is 0 Å². The van der Waals surface area contributed by atoms with E-state index in [2.05, 4.69) is 6.58 Å². The number of rotatable bonds is 5. The van der Waals surface area contributed by atoms with Gasteiger partial charge in [0.2, 0.25) is 0 Å². The summed E-state index contributed by atoms with van der Waals surface area (Å²) in [5, 5.41) is 0. The number of hydrogen-bond acceptors (Lipinski definition) is 3. The van der Waals surface area contributed by atoms with Crippen molar-refractivity contribution < 1.29 is 9.53 Å². The van der Waals surface area contributed by atoms with Crippen LogP contribution in [0.3, 0.4) is 0 Å². The normalized spacial score (nSPS) is 9.27. The van der Waals surface area contributed by atoms with Gasteiger partial charge in [-0.05, 0) is 19.4 Å². The van der Waals surface area contributed by atoms with Gasteiger partial charge < -0.3 is 10.5 Å². The molecule has 0 aromatic carbocycles. The van der Waals surface area contributed by atoms with Crippen LogP contribution in [0.4, 0.5) is 0 Å². The number of carbonyl (C=O) groups excluding carboxylic acids is 1. The van der Waals surface area contributed by atoms with Gasteiger partial charge in [-0.1, -0.05) is 13.5 Å². The van der Waals surface area contributed by atoms with E-state index in [9.17, 15) is 4.79 Å². The maximum Gasteiger partial charge on any atom is 0.333 e. The summed E-state index contributed by atoms with van der Waals surface area (Å²) in [6, 6.07) is 0. The molecular formula is C8H15NO2. The van der Waals surface area contributed by atoms with Crippen molar-refractivity contribution in [1.82, 2.24) is 0 Å². The molecule has 0 amide bonds. The monoisotopic (exact) mass is 157 g/mol. The Morgan fingerprint density at radius 1 is 1.64 bits per heavy atom. The molecule has 64 valence electrons. The van der Waals surface area contributed by atoms with Crippen LogP contribution in [0.5, 0.6) is 0 Å². The molecule has 0 atom stereocenters. The second-order valence-corrected chi connectivity index (χ2v) is 2.28. The molecule has 2 N–H and O–H groups in total. The Morgan fingerprint density at radius 3 is 2.73 bits per heavy atom. The fraction of sp³-hybridized carbons (Fsp3) is 0.625. The molecule has 0 aliphatic rings. The highest BCUT2D eigenvalue weighted by molar-refractivity contribution is 5.87. The lowest BCUT2D eigenvalue weighted by atomic mass is 10.2. The first kappa shape index (κ1) is 10.2. The molecule has 0 rings (SSSR count). The lowest BCUT2D eigenvalue weighted by Crippen LogP contribution is -2.11. The molecule has 0 saturated carbocycles. The van der Waals surface area contributed by atoms with Crippen LogP contribution >= 0.6 is 0 Å². The SMILES string of the molecule is C=C(CCN)C(=O)OCCC. The quantitative estimate of drug-likeness (QED) is 0.475. The minimum absolute atomic E-state index is 0.322. The summed E-state index contributed by atoms with van der Waals surface area (Å²) in [6.45, 7) is 6.39. The predicted octanol–water partition coefficient (Wildman–Crippen LogP) is 0.845. The number of ether oxygens (including phenoxy) is 1. The Kier molecular flexibility index (Phi) is 5.47. The Hall–Kier alpha value is -0.830. The first-order chi connectivity index (χ1) is 5.22. The van der Waals surface area contributed by atoms with E-state index < -0.39 is 0 Å². The highest BCUT2D eigenvalue weighted by Crippen LogP contribution is 1.99. The van der Waals surface area contributed by atoms with Gasteiger partial charge in [-0.15, -0.1) is 0 Å². The first-order valence-electron chi connectivity index (χ1n) is 3.77. The van der Waals surface area contributed by atoms with E-state index in [0.29, 0.717) is 25.1 Å². The largest absolute Gasteiger partial charge is 0.462 e. The maximum absolute atomic E-state index is 10.9. The van der Waals surface area contributed by atoms with Crippen LogP contribution in [0.2, 0.25) is 0 Å². The second-order valence-electron chi connectivity index (χ2n) is 2.28. The fourth-order valence-corrected chi connectivity index (χ4v) is 0.573. The summed E-state index contributed by atoms with van der Waals surface area (Å²) in [4.78, 5) is 10.9. The zero-order valence-corrected chi connectivity index (χ0v) is 6.93. The third kappa shape index (κ3) is 4.56. The molecule has 3 heteroatoms. The van der Waals surface area contributed by atoms with Crippen LogP contribution in [0.25, 0.3) is 0 Å². The number of carbonyl (C=O) groups is 1. The molecule has 0 bridgehead atoms. The molecule has 3 nitrogen and oxygen atoms in total. The molecule has 0 radical (unpaired) electrons. The summed E-state index contributed by atoms with van der Waals surface area (Å²) in [7, 11) is 0. The summed E-state index contributed by atoms with van der Waals surface area (Å²) in [6.07, 6.45) is 1.35. The molecule has 0 spiro atoms. The summed E-state index contributed by atoms with van der Waals surface area (Å²) >= 11 is 0. The van der Waals surface area contributed by atoms with Gasteiger partial charge in [-0.25, -0.2) is 4.79 Å². The lowest BCUT2D eigenvalue weighted by Gasteiger charge is -2.03. The molecular weight excluding hydrogens is 142 g/mol. The van der Waals surface area contributed by atoms with Crippen LogP contribution in [-0.4, -0.2) is 19.1 Å². The minimum Gasteiger partial charge on any atom is -0.462 e. The zero-order valence-electron chi connectivity index (χ0n) is 6.93. The van der Waals surface area contributed by atoms with Crippen molar-refractivity contribution in [2.24, 2.45) is 5.73 Å². The van der Waals surface area contributed by atoms with Gasteiger partial charge in [0.15, 0.2) is 0 Å². The number of esters is 1. The van der Waals surface area contributed by atoms with Crippen molar-refractivity contribution in [3.63, 3.8) is 0 Å². The van der Waals surface area contributed by atoms with E-state index in [1.807, 2.05) is 6.92 Å². The van der Waals surface area contributed by atoms with Crippen LogP contribution in [0, 0.1) is 0 Å². The number of nitrogens with two attached hydrogens (primary N) is 1. The highest BCUT2D eigenvalue weighted by Gasteiger charge is 2.05. The Labute approximate surface area is 67.2 Å². The average Bonchev–Trinajstić information content (AvgIpc) is 2.00. The molecule has 0 aromatic rings. The standard InChI is InChI=1S/C8H15NO2/c1-3-6-11-8(10)7(2)4-5-9/h2-6,9H2,1H3. The third-order valence-corrected chi connectivity index (χ3v) is 1.17. The minimum atomic E-state index is -0.322. The van der Waals surface area contributed by atoms with Crippen LogP contribution in [-0.2, 0) is 9.53 Å². The Balaban J connectivity index is 3.56. The molecule has 0 aliphatic carbocycles.